The first-order chi connectivity index (χ1) is 13.5. The van der Waals surface area contributed by atoms with Crippen LogP contribution in [0.25, 0.3) is 0 Å². The lowest BCUT2D eigenvalue weighted by Crippen LogP contribution is -2.23. The van der Waals surface area contributed by atoms with Crippen LogP contribution in [-0.2, 0) is 6.54 Å². The Hall–Kier alpha value is -3.67. The minimum Gasteiger partial charge on any atom is -0.508 e. The number of anilines is 1. The smallest absolute Gasteiger partial charge is 0.258 e. The third kappa shape index (κ3) is 4.35. The van der Waals surface area contributed by atoms with Crippen LogP contribution in [0.2, 0.25) is 0 Å². The zero-order valence-corrected chi connectivity index (χ0v) is 15.2. The number of nitrogens with one attached hydrogen (secondary N) is 2. The molecule has 0 fully saturated rings. The Balaban J connectivity index is 1.74. The van der Waals surface area contributed by atoms with E-state index in [9.17, 15) is 19.1 Å². The molecule has 0 aromatic heterocycles. The molecule has 0 aliphatic heterocycles. The zero-order chi connectivity index (χ0) is 20.1. The Morgan fingerprint density at radius 1 is 0.964 bits per heavy atom. The van der Waals surface area contributed by atoms with Crippen LogP contribution in [0.15, 0.2) is 66.7 Å². The Bertz CT molecular complexity index is 1030. The normalized spacial score (nSPS) is 10.4. The summed E-state index contributed by atoms with van der Waals surface area (Å²) in [5, 5.41) is 15.1. The predicted molar refractivity (Wildman–Crippen MR) is 105 cm³/mol. The number of para-hydroxylation sites is 1. The number of aryl methyl sites for hydroxylation is 1. The molecule has 0 saturated carbocycles. The van der Waals surface area contributed by atoms with Gasteiger partial charge in [0.1, 0.15) is 11.6 Å². The van der Waals surface area contributed by atoms with E-state index in [1.54, 1.807) is 49.4 Å². The van der Waals surface area contributed by atoms with Crippen LogP contribution in [0.5, 0.6) is 5.75 Å². The summed E-state index contributed by atoms with van der Waals surface area (Å²) in [6, 6.07) is 17.3. The Kier molecular flexibility index (Phi) is 5.69. The van der Waals surface area contributed by atoms with Crippen LogP contribution in [0.4, 0.5) is 10.1 Å². The van der Waals surface area contributed by atoms with Crippen molar-refractivity contribution < 1.29 is 19.1 Å². The van der Waals surface area contributed by atoms with Crippen LogP contribution in [-0.4, -0.2) is 16.9 Å². The number of carbonyl (C=O) groups is 2. The number of rotatable bonds is 5. The summed E-state index contributed by atoms with van der Waals surface area (Å²) in [7, 11) is 0. The highest BCUT2D eigenvalue weighted by Gasteiger charge is 2.14. The average Bonchev–Trinajstić information content (AvgIpc) is 2.69. The number of amides is 2. The summed E-state index contributed by atoms with van der Waals surface area (Å²) in [6.07, 6.45) is 0. The standard InChI is InChI=1S/C22H19FN2O3/c1-14-10-11-15(21(27)24-13-16-6-2-5-9-20(16)26)12-19(14)25-22(28)17-7-3-4-8-18(17)23/h2-12,26H,13H2,1H3,(H,24,27)(H,25,28). The second-order valence-corrected chi connectivity index (χ2v) is 6.28. The molecule has 2 amide bonds. The number of hydrogen-bond donors (Lipinski definition) is 3. The van der Waals surface area contributed by atoms with Gasteiger partial charge in [-0.1, -0.05) is 36.4 Å². The molecule has 0 bridgehead atoms. The van der Waals surface area contributed by atoms with Gasteiger partial charge in [0, 0.05) is 23.4 Å². The molecule has 0 heterocycles. The third-order valence-corrected chi connectivity index (χ3v) is 4.30. The summed E-state index contributed by atoms with van der Waals surface area (Å²) >= 11 is 0. The molecule has 0 aliphatic carbocycles. The molecule has 0 atom stereocenters. The fraction of sp³-hybridized carbons (Fsp3) is 0.0909. The maximum Gasteiger partial charge on any atom is 0.258 e. The zero-order valence-electron chi connectivity index (χ0n) is 15.2. The maximum atomic E-state index is 13.8. The molecule has 5 nitrogen and oxygen atoms in total. The maximum absolute atomic E-state index is 13.8. The van der Waals surface area contributed by atoms with Crippen LogP contribution in [0, 0.1) is 12.7 Å². The van der Waals surface area contributed by atoms with Gasteiger partial charge in [-0.15, -0.1) is 0 Å². The Morgan fingerprint density at radius 3 is 2.43 bits per heavy atom. The molecule has 0 spiro atoms. The van der Waals surface area contributed by atoms with E-state index in [2.05, 4.69) is 10.6 Å². The van der Waals surface area contributed by atoms with Crippen molar-refractivity contribution >= 4 is 17.5 Å². The second kappa shape index (κ2) is 8.35. The number of aromatic hydroxyl groups is 1. The van der Waals surface area contributed by atoms with Crippen molar-refractivity contribution in [3.05, 3.63) is 94.8 Å². The quantitative estimate of drug-likeness (QED) is 0.627. The van der Waals surface area contributed by atoms with E-state index in [1.807, 2.05) is 0 Å². The molecule has 6 heteroatoms. The molecule has 28 heavy (non-hydrogen) atoms. The van der Waals surface area contributed by atoms with E-state index in [4.69, 9.17) is 0 Å². The molecule has 0 unspecified atom stereocenters. The molecule has 3 aromatic rings. The molecular weight excluding hydrogens is 359 g/mol. The number of carbonyl (C=O) groups excluding carboxylic acids is 2. The SMILES string of the molecule is Cc1ccc(C(=O)NCc2ccccc2O)cc1NC(=O)c1ccccc1F. The summed E-state index contributed by atoms with van der Waals surface area (Å²) in [5.41, 5.74) is 2.02. The van der Waals surface area contributed by atoms with Gasteiger partial charge in [-0.2, -0.15) is 0 Å². The minimum atomic E-state index is -0.616. The van der Waals surface area contributed by atoms with Crippen molar-refractivity contribution in [2.24, 2.45) is 0 Å². The molecule has 0 radical (unpaired) electrons. The van der Waals surface area contributed by atoms with Gasteiger partial charge in [0.15, 0.2) is 0 Å². The van der Waals surface area contributed by atoms with Gasteiger partial charge in [-0.05, 0) is 42.8 Å². The highest BCUT2D eigenvalue weighted by atomic mass is 19.1. The number of phenolic OH excluding ortho intramolecular Hbond substituents is 1. The molecule has 3 rings (SSSR count). The number of hydrogen-bond acceptors (Lipinski definition) is 3. The summed E-state index contributed by atoms with van der Waals surface area (Å²) < 4.78 is 13.8. The molecule has 0 saturated heterocycles. The first-order valence-corrected chi connectivity index (χ1v) is 8.67. The molecule has 3 aromatic carbocycles. The third-order valence-electron chi connectivity index (χ3n) is 4.30. The highest BCUT2D eigenvalue weighted by molar-refractivity contribution is 6.05. The summed E-state index contributed by atoms with van der Waals surface area (Å²) in [4.78, 5) is 24.8. The number of benzene rings is 3. The van der Waals surface area contributed by atoms with Crippen LogP contribution in [0.1, 0.15) is 31.8 Å². The Morgan fingerprint density at radius 2 is 1.68 bits per heavy atom. The van der Waals surface area contributed by atoms with E-state index in [0.717, 1.165) is 5.56 Å². The van der Waals surface area contributed by atoms with Crippen molar-refractivity contribution in [1.29, 1.82) is 0 Å². The van der Waals surface area contributed by atoms with Gasteiger partial charge in [0.2, 0.25) is 0 Å². The van der Waals surface area contributed by atoms with Gasteiger partial charge in [0.25, 0.3) is 11.8 Å². The first-order valence-electron chi connectivity index (χ1n) is 8.67. The predicted octanol–water partition coefficient (Wildman–Crippen LogP) is 4.02. The largest absolute Gasteiger partial charge is 0.508 e. The van der Waals surface area contributed by atoms with Gasteiger partial charge in [-0.3, -0.25) is 9.59 Å². The van der Waals surface area contributed by atoms with Crippen molar-refractivity contribution in [3.63, 3.8) is 0 Å². The Labute approximate surface area is 161 Å². The summed E-state index contributed by atoms with van der Waals surface area (Å²) in [5.74, 6) is -1.46. The lowest BCUT2D eigenvalue weighted by Gasteiger charge is -2.12. The molecule has 142 valence electrons. The van der Waals surface area contributed by atoms with E-state index in [-0.39, 0.29) is 23.8 Å². The van der Waals surface area contributed by atoms with Gasteiger partial charge in [-0.25, -0.2) is 4.39 Å². The molecular formula is C22H19FN2O3. The van der Waals surface area contributed by atoms with Crippen molar-refractivity contribution in [2.45, 2.75) is 13.5 Å². The van der Waals surface area contributed by atoms with Crippen molar-refractivity contribution in [3.8, 4) is 5.75 Å². The minimum absolute atomic E-state index is 0.0729. The van der Waals surface area contributed by atoms with Crippen LogP contribution in [0.3, 0.4) is 0 Å². The number of phenols is 1. The molecule has 0 aliphatic rings. The van der Waals surface area contributed by atoms with Gasteiger partial charge in [0.05, 0.1) is 5.56 Å². The summed E-state index contributed by atoms with van der Waals surface area (Å²) in [6.45, 7) is 1.94. The van der Waals surface area contributed by atoms with Crippen molar-refractivity contribution in [2.75, 3.05) is 5.32 Å². The van der Waals surface area contributed by atoms with Gasteiger partial charge >= 0.3 is 0 Å². The fourth-order valence-corrected chi connectivity index (χ4v) is 2.67. The lowest BCUT2D eigenvalue weighted by atomic mass is 10.1. The van der Waals surface area contributed by atoms with Crippen LogP contribution < -0.4 is 10.6 Å². The van der Waals surface area contributed by atoms with Gasteiger partial charge < -0.3 is 15.7 Å². The lowest BCUT2D eigenvalue weighted by molar-refractivity contribution is 0.0949. The van der Waals surface area contributed by atoms with E-state index < -0.39 is 11.7 Å². The number of halogens is 1. The molecule has 3 N–H and O–H groups in total. The monoisotopic (exact) mass is 378 g/mol. The highest BCUT2D eigenvalue weighted by Crippen LogP contribution is 2.20. The van der Waals surface area contributed by atoms with E-state index in [1.165, 1.54) is 24.3 Å². The van der Waals surface area contributed by atoms with Crippen LogP contribution >= 0.6 is 0 Å². The van der Waals surface area contributed by atoms with E-state index in [0.29, 0.717) is 16.8 Å². The fourth-order valence-electron chi connectivity index (χ4n) is 2.67. The second-order valence-electron chi connectivity index (χ2n) is 6.28. The topological polar surface area (TPSA) is 78.4 Å². The first kappa shape index (κ1) is 19.1. The van der Waals surface area contributed by atoms with Crippen molar-refractivity contribution in [1.82, 2.24) is 5.32 Å². The van der Waals surface area contributed by atoms with E-state index >= 15 is 0 Å². The average molecular weight is 378 g/mol.